The molecule has 134 valence electrons. The van der Waals surface area contributed by atoms with E-state index in [1.807, 2.05) is 61.0 Å². The van der Waals surface area contributed by atoms with Crippen molar-refractivity contribution in [1.29, 1.82) is 0 Å². The van der Waals surface area contributed by atoms with E-state index in [0.29, 0.717) is 0 Å². The van der Waals surface area contributed by atoms with E-state index in [0.717, 1.165) is 25.9 Å². The van der Waals surface area contributed by atoms with Crippen LogP contribution in [-0.4, -0.2) is 25.5 Å². The molecule has 0 N–H and O–H groups in total. The Balaban J connectivity index is 1.44. The molecule has 0 radical (unpaired) electrons. The van der Waals surface area contributed by atoms with Crippen molar-refractivity contribution in [1.82, 2.24) is 0 Å². The van der Waals surface area contributed by atoms with Gasteiger partial charge in [-0.05, 0) is 36.1 Å². The van der Waals surface area contributed by atoms with Crippen LogP contribution in [0.5, 0.6) is 0 Å². The van der Waals surface area contributed by atoms with Gasteiger partial charge in [0.25, 0.3) is 0 Å². The Morgan fingerprint density at radius 1 is 0.538 bits per heavy atom. The Labute approximate surface area is 157 Å². The largest absolute Gasteiger partial charge is 0.293 e. The van der Waals surface area contributed by atoms with Crippen LogP contribution in [0.25, 0.3) is 12.2 Å². The number of rotatable bonds is 11. The summed E-state index contributed by atoms with van der Waals surface area (Å²) >= 11 is 0. The van der Waals surface area contributed by atoms with Crippen LogP contribution in [-0.2, 0) is 0 Å². The normalized spacial score (nSPS) is 12.2. The van der Waals surface area contributed by atoms with Gasteiger partial charge in [0, 0.05) is 25.5 Å². The molecule has 2 heteroatoms. The fraction of sp³-hybridized carbons (Fsp3) is 0.250. The summed E-state index contributed by atoms with van der Waals surface area (Å²) < 4.78 is 0. The van der Waals surface area contributed by atoms with Gasteiger partial charge in [0.2, 0.25) is 0 Å². The van der Waals surface area contributed by atoms with Crippen LogP contribution < -0.4 is 0 Å². The van der Waals surface area contributed by atoms with Crippen LogP contribution in [0.3, 0.4) is 0 Å². The number of unbranched alkanes of at least 4 members (excludes halogenated alkanes) is 3. The molecule has 0 saturated heterocycles. The molecule has 0 bridgehead atoms. The summed E-state index contributed by atoms with van der Waals surface area (Å²) in [5.74, 6) is 0. The number of nitrogens with zero attached hydrogens (tertiary/aromatic N) is 2. The van der Waals surface area contributed by atoms with Crippen molar-refractivity contribution in [3.63, 3.8) is 0 Å². The third-order valence-electron chi connectivity index (χ3n) is 3.88. The third-order valence-corrected chi connectivity index (χ3v) is 3.88. The summed E-state index contributed by atoms with van der Waals surface area (Å²) in [5, 5.41) is 0. The van der Waals surface area contributed by atoms with E-state index in [9.17, 15) is 0 Å². The lowest BCUT2D eigenvalue weighted by Gasteiger charge is -1.96. The molecular formula is C24H28N2. The maximum absolute atomic E-state index is 4.42. The molecule has 0 aliphatic rings. The second kappa shape index (κ2) is 13.5. The fourth-order valence-electron chi connectivity index (χ4n) is 2.47. The van der Waals surface area contributed by atoms with Gasteiger partial charge in [0.15, 0.2) is 0 Å². The van der Waals surface area contributed by atoms with Gasteiger partial charge in [0.1, 0.15) is 0 Å². The first-order valence-electron chi connectivity index (χ1n) is 9.38. The van der Waals surface area contributed by atoms with Gasteiger partial charge in [-0.3, -0.25) is 9.98 Å². The molecule has 0 spiro atoms. The molecule has 0 saturated carbocycles. The van der Waals surface area contributed by atoms with Crippen molar-refractivity contribution in [3.8, 4) is 0 Å². The molecule has 2 aromatic rings. The zero-order chi connectivity index (χ0) is 18.1. The van der Waals surface area contributed by atoms with E-state index in [4.69, 9.17) is 0 Å². The number of benzene rings is 2. The highest BCUT2D eigenvalue weighted by Crippen LogP contribution is 2.02. The molecule has 0 unspecified atom stereocenters. The molecule has 2 rings (SSSR count). The zero-order valence-electron chi connectivity index (χ0n) is 15.4. The van der Waals surface area contributed by atoms with E-state index >= 15 is 0 Å². The van der Waals surface area contributed by atoms with E-state index in [1.165, 1.54) is 24.0 Å². The topological polar surface area (TPSA) is 24.7 Å². The summed E-state index contributed by atoms with van der Waals surface area (Å²) in [6.45, 7) is 1.81. The SMILES string of the molecule is C(/C=C/c1ccccc1)=NCCCCCCN=C/C=C/c1ccccc1. The minimum absolute atomic E-state index is 0.905. The van der Waals surface area contributed by atoms with Crippen LogP contribution in [0.4, 0.5) is 0 Å². The molecule has 0 aliphatic heterocycles. The standard InChI is InChI=1S/C24H28N2/c1(9-19-25-21-11-17-23-13-5-3-6-14-23)2-10-20-26-22-12-18-24-15-7-4-8-16-24/h3-8,11-18,21-22H,1-2,9-10,19-20H2/b17-11+,18-12+,25-21?,26-22?. The van der Waals surface area contributed by atoms with Crippen molar-refractivity contribution < 1.29 is 0 Å². The highest BCUT2D eigenvalue weighted by molar-refractivity contribution is 5.78. The van der Waals surface area contributed by atoms with Crippen molar-refractivity contribution >= 4 is 24.6 Å². The average Bonchev–Trinajstić information content (AvgIpc) is 2.70. The van der Waals surface area contributed by atoms with E-state index in [1.54, 1.807) is 0 Å². The second-order valence-corrected chi connectivity index (χ2v) is 6.06. The molecule has 0 heterocycles. The Hall–Kier alpha value is -2.74. The quantitative estimate of drug-likeness (QED) is 0.347. The van der Waals surface area contributed by atoms with Gasteiger partial charge in [0.05, 0.1) is 0 Å². The molecule has 0 aromatic heterocycles. The Bertz CT molecular complexity index is 634. The van der Waals surface area contributed by atoms with Gasteiger partial charge < -0.3 is 0 Å². The Kier molecular flexibility index (Phi) is 10.2. The first kappa shape index (κ1) is 19.6. The smallest absolute Gasteiger partial charge is 0.0389 e. The fourth-order valence-corrected chi connectivity index (χ4v) is 2.47. The first-order chi connectivity index (χ1) is 12.9. The lowest BCUT2D eigenvalue weighted by Crippen LogP contribution is -1.86. The summed E-state index contributed by atoms with van der Waals surface area (Å²) in [6.07, 6.45) is 16.7. The first-order valence-corrected chi connectivity index (χ1v) is 9.38. The van der Waals surface area contributed by atoms with Crippen LogP contribution in [0, 0.1) is 0 Å². The molecule has 0 atom stereocenters. The van der Waals surface area contributed by atoms with E-state index in [2.05, 4.69) is 46.4 Å². The van der Waals surface area contributed by atoms with Gasteiger partial charge in [-0.25, -0.2) is 0 Å². The van der Waals surface area contributed by atoms with Crippen LogP contribution >= 0.6 is 0 Å². The maximum atomic E-state index is 4.42. The number of hydrogen-bond acceptors (Lipinski definition) is 2. The minimum atomic E-state index is 0.905. The molecular weight excluding hydrogens is 316 g/mol. The lowest BCUT2D eigenvalue weighted by atomic mass is 10.2. The molecule has 0 aliphatic carbocycles. The third kappa shape index (κ3) is 9.53. The molecule has 0 fully saturated rings. The Morgan fingerprint density at radius 3 is 1.38 bits per heavy atom. The minimum Gasteiger partial charge on any atom is -0.293 e. The van der Waals surface area contributed by atoms with Crippen molar-refractivity contribution in [3.05, 3.63) is 83.9 Å². The van der Waals surface area contributed by atoms with Crippen LogP contribution in [0.1, 0.15) is 36.8 Å². The second-order valence-electron chi connectivity index (χ2n) is 6.06. The molecule has 0 amide bonds. The number of hydrogen-bond donors (Lipinski definition) is 0. The van der Waals surface area contributed by atoms with Gasteiger partial charge in [-0.15, -0.1) is 0 Å². The predicted molar refractivity (Wildman–Crippen MR) is 116 cm³/mol. The summed E-state index contributed by atoms with van der Waals surface area (Å²) in [6, 6.07) is 20.6. The van der Waals surface area contributed by atoms with Crippen molar-refractivity contribution in [2.24, 2.45) is 9.98 Å². The zero-order valence-corrected chi connectivity index (χ0v) is 15.4. The molecule has 26 heavy (non-hydrogen) atoms. The Morgan fingerprint density at radius 2 is 0.962 bits per heavy atom. The average molecular weight is 345 g/mol. The summed E-state index contributed by atoms with van der Waals surface area (Å²) in [4.78, 5) is 8.85. The summed E-state index contributed by atoms with van der Waals surface area (Å²) in [7, 11) is 0. The van der Waals surface area contributed by atoms with Crippen LogP contribution in [0.2, 0.25) is 0 Å². The maximum Gasteiger partial charge on any atom is 0.0389 e. The number of aliphatic imine (C=N–C) groups is 2. The van der Waals surface area contributed by atoms with Gasteiger partial charge in [-0.2, -0.15) is 0 Å². The predicted octanol–water partition coefficient (Wildman–Crippen LogP) is 6.12. The molecule has 2 aromatic carbocycles. The number of allylic oxidation sites excluding steroid dienone is 2. The van der Waals surface area contributed by atoms with E-state index in [-0.39, 0.29) is 0 Å². The highest BCUT2D eigenvalue weighted by Gasteiger charge is 1.88. The van der Waals surface area contributed by atoms with Gasteiger partial charge in [-0.1, -0.05) is 85.7 Å². The van der Waals surface area contributed by atoms with E-state index < -0.39 is 0 Å². The monoisotopic (exact) mass is 344 g/mol. The summed E-state index contributed by atoms with van der Waals surface area (Å²) in [5.41, 5.74) is 2.41. The van der Waals surface area contributed by atoms with Crippen molar-refractivity contribution in [2.75, 3.05) is 13.1 Å². The lowest BCUT2D eigenvalue weighted by molar-refractivity contribution is 0.655. The van der Waals surface area contributed by atoms with Gasteiger partial charge >= 0.3 is 0 Å². The van der Waals surface area contributed by atoms with Crippen molar-refractivity contribution in [2.45, 2.75) is 25.7 Å². The molecule has 2 nitrogen and oxygen atoms in total. The van der Waals surface area contributed by atoms with Crippen LogP contribution in [0.15, 0.2) is 82.8 Å². The highest BCUT2D eigenvalue weighted by atomic mass is 14.7.